The van der Waals surface area contributed by atoms with E-state index in [9.17, 15) is 14.0 Å². The molecule has 5 nitrogen and oxygen atoms in total. The highest BCUT2D eigenvalue weighted by Crippen LogP contribution is 2.25. The van der Waals surface area contributed by atoms with Crippen LogP contribution < -0.4 is 10.6 Å². The van der Waals surface area contributed by atoms with Gasteiger partial charge in [-0.3, -0.25) is 9.59 Å². The van der Waals surface area contributed by atoms with Crippen LogP contribution in [0.4, 0.5) is 15.8 Å². The average Bonchev–Trinajstić information content (AvgIpc) is 2.41. The summed E-state index contributed by atoms with van der Waals surface area (Å²) in [5, 5.41) is 5.36. The number of anilines is 2. The zero-order valence-electron chi connectivity index (χ0n) is 11.0. The molecular weight excluding hydrogens is 297 g/mol. The first-order chi connectivity index (χ1) is 9.95. The van der Waals surface area contributed by atoms with Crippen molar-refractivity contribution in [2.24, 2.45) is 0 Å². The van der Waals surface area contributed by atoms with Crippen molar-refractivity contribution in [1.29, 1.82) is 0 Å². The van der Waals surface area contributed by atoms with Gasteiger partial charge in [-0.2, -0.15) is 4.39 Å². The summed E-state index contributed by atoms with van der Waals surface area (Å²) in [4.78, 5) is 26.3. The molecule has 2 rings (SSSR count). The summed E-state index contributed by atoms with van der Waals surface area (Å²) in [5.41, 5.74) is 0.799. The molecule has 2 aromatic rings. The maximum Gasteiger partial charge on any atom is 0.274 e. The molecule has 0 aliphatic rings. The number of halogens is 2. The number of pyridine rings is 1. The van der Waals surface area contributed by atoms with Crippen LogP contribution in [-0.4, -0.2) is 16.8 Å². The predicted molar refractivity (Wildman–Crippen MR) is 77.9 cm³/mol. The van der Waals surface area contributed by atoms with Crippen LogP contribution in [0.1, 0.15) is 17.4 Å². The zero-order valence-corrected chi connectivity index (χ0v) is 11.7. The summed E-state index contributed by atoms with van der Waals surface area (Å²) in [6, 6.07) is 8.53. The summed E-state index contributed by atoms with van der Waals surface area (Å²) in [5.74, 6) is -1.54. The highest BCUT2D eigenvalue weighted by Gasteiger charge is 2.10. The number of hydrogen-bond donors (Lipinski definition) is 2. The first kappa shape index (κ1) is 14.9. The van der Waals surface area contributed by atoms with Crippen LogP contribution in [0.3, 0.4) is 0 Å². The molecule has 0 radical (unpaired) electrons. The lowest BCUT2D eigenvalue weighted by atomic mass is 10.2. The van der Waals surface area contributed by atoms with Crippen molar-refractivity contribution in [3.63, 3.8) is 0 Å². The number of carbonyl (C=O) groups excluding carboxylic acids is 2. The van der Waals surface area contributed by atoms with Crippen molar-refractivity contribution in [2.45, 2.75) is 6.92 Å². The van der Waals surface area contributed by atoms with Crippen LogP contribution in [-0.2, 0) is 4.79 Å². The van der Waals surface area contributed by atoms with Crippen LogP contribution in [0.25, 0.3) is 0 Å². The van der Waals surface area contributed by atoms with Gasteiger partial charge in [0, 0.05) is 12.6 Å². The monoisotopic (exact) mass is 307 g/mol. The molecular formula is C14H11ClFN3O2. The van der Waals surface area contributed by atoms with Gasteiger partial charge in [0.15, 0.2) is 0 Å². The minimum atomic E-state index is -0.735. The number of nitrogens with zero attached hydrogens (tertiary/aromatic N) is 1. The van der Waals surface area contributed by atoms with E-state index < -0.39 is 11.9 Å². The predicted octanol–water partition coefficient (Wildman–Crippen LogP) is 3.08. The van der Waals surface area contributed by atoms with E-state index in [4.69, 9.17) is 11.6 Å². The first-order valence-electron chi connectivity index (χ1n) is 5.97. The fourth-order valence-electron chi connectivity index (χ4n) is 1.61. The molecule has 1 aromatic carbocycles. The lowest BCUT2D eigenvalue weighted by molar-refractivity contribution is -0.114. The van der Waals surface area contributed by atoms with Gasteiger partial charge in [-0.15, -0.1) is 0 Å². The molecule has 0 unspecified atom stereocenters. The Morgan fingerprint density at radius 2 is 1.95 bits per heavy atom. The fourth-order valence-corrected chi connectivity index (χ4v) is 1.84. The van der Waals surface area contributed by atoms with Gasteiger partial charge in [-0.05, 0) is 30.3 Å². The molecule has 0 aliphatic heterocycles. The summed E-state index contributed by atoms with van der Waals surface area (Å²) in [6.07, 6.45) is 0. The molecule has 0 saturated heterocycles. The number of carbonyl (C=O) groups is 2. The topological polar surface area (TPSA) is 71.1 Å². The van der Waals surface area contributed by atoms with E-state index in [0.717, 1.165) is 6.07 Å². The molecule has 0 atom stereocenters. The third-order valence-corrected chi connectivity index (χ3v) is 2.80. The van der Waals surface area contributed by atoms with Gasteiger partial charge in [0.1, 0.15) is 5.69 Å². The average molecular weight is 308 g/mol. The third-order valence-electron chi connectivity index (χ3n) is 2.49. The molecule has 21 heavy (non-hydrogen) atoms. The standard InChI is InChI=1S/C14H11ClFN3O2/c1-8(20)17-11-6-5-9(7-10(11)15)18-14(21)12-3-2-4-13(16)19-12/h2-7H,1H3,(H,17,20)(H,18,21). The molecule has 0 bridgehead atoms. The van der Waals surface area contributed by atoms with Gasteiger partial charge in [0.05, 0.1) is 10.7 Å². The first-order valence-corrected chi connectivity index (χ1v) is 6.34. The number of nitrogens with one attached hydrogen (secondary N) is 2. The molecule has 0 aliphatic carbocycles. The van der Waals surface area contributed by atoms with E-state index in [0.29, 0.717) is 11.4 Å². The van der Waals surface area contributed by atoms with E-state index in [1.165, 1.54) is 25.1 Å². The second-order valence-electron chi connectivity index (χ2n) is 4.18. The van der Waals surface area contributed by atoms with Crippen molar-refractivity contribution in [3.05, 3.63) is 53.1 Å². The highest BCUT2D eigenvalue weighted by molar-refractivity contribution is 6.34. The minimum absolute atomic E-state index is 0.0444. The Balaban J connectivity index is 2.15. The summed E-state index contributed by atoms with van der Waals surface area (Å²) in [6.45, 7) is 1.36. The highest BCUT2D eigenvalue weighted by atomic mass is 35.5. The second-order valence-corrected chi connectivity index (χ2v) is 4.58. The number of aromatic nitrogens is 1. The van der Waals surface area contributed by atoms with E-state index >= 15 is 0 Å². The lowest BCUT2D eigenvalue weighted by Crippen LogP contribution is -2.14. The molecule has 0 spiro atoms. The molecule has 0 saturated carbocycles. The van der Waals surface area contributed by atoms with Crippen LogP contribution in [0, 0.1) is 5.95 Å². The van der Waals surface area contributed by atoms with E-state index in [1.807, 2.05) is 0 Å². The van der Waals surface area contributed by atoms with Gasteiger partial charge < -0.3 is 10.6 Å². The largest absolute Gasteiger partial charge is 0.325 e. The van der Waals surface area contributed by atoms with Crippen LogP contribution in [0.15, 0.2) is 36.4 Å². The van der Waals surface area contributed by atoms with Gasteiger partial charge in [-0.1, -0.05) is 17.7 Å². The molecule has 2 N–H and O–H groups in total. The zero-order chi connectivity index (χ0) is 15.4. The number of benzene rings is 1. The van der Waals surface area contributed by atoms with E-state index in [-0.39, 0.29) is 16.6 Å². The number of amides is 2. The number of hydrogen-bond acceptors (Lipinski definition) is 3. The molecule has 2 amide bonds. The van der Waals surface area contributed by atoms with Gasteiger partial charge in [0.2, 0.25) is 11.9 Å². The van der Waals surface area contributed by atoms with Crippen molar-refractivity contribution in [2.75, 3.05) is 10.6 Å². The maximum absolute atomic E-state index is 13.0. The lowest BCUT2D eigenvalue weighted by Gasteiger charge is -2.08. The van der Waals surface area contributed by atoms with Crippen LogP contribution in [0.2, 0.25) is 5.02 Å². The Labute approximate surface area is 125 Å². The second kappa shape index (κ2) is 6.32. The van der Waals surface area contributed by atoms with Crippen molar-refractivity contribution in [3.8, 4) is 0 Å². The van der Waals surface area contributed by atoms with E-state index in [1.54, 1.807) is 12.1 Å². The molecule has 1 heterocycles. The van der Waals surface area contributed by atoms with Crippen molar-refractivity contribution < 1.29 is 14.0 Å². The normalized spacial score (nSPS) is 10.0. The number of rotatable bonds is 3. The third kappa shape index (κ3) is 4.00. The van der Waals surface area contributed by atoms with Crippen molar-refractivity contribution in [1.82, 2.24) is 4.98 Å². The summed E-state index contributed by atoms with van der Waals surface area (Å²) in [7, 11) is 0. The Hall–Kier alpha value is -2.47. The summed E-state index contributed by atoms with van der Waals surface area (Å²) < 4.78 is 13.0. The van der Waals surface area contributed by atoms with Crippen LogP contribution >= 0.6 is 11.6 Å². The smallest absolute Gasteiger partial charge is 0.274 e. The Bertz CT molecular complexity index is 706. The molecule has 0 fully saturated rings. The molecule has 1 aromatic heterocycles. The Kier molecular flexibility index (Phi) is 4.49. The van der Waals surface area contributed by atoms with Crippen LogP contribution in [0.5, 0.6) is 0 Å². The van der Waals surface area contributed by atoms with Crippen molar-refractivity contribution >= 4 is 34.8 Å². The van der Waals surface area contributed by atoms with Gasteiger partial charge >= 0.3 is 0 Å². The molecule has 7 heteroatoms. The molecule has 108 valence electrons. The quantitative estimate of drug-likeness (QED) is 0.856. The fraction of sp³-hybridized carbons (Fsp3) is 0.0714. The Morgan fingerprint density at radius 1 is 1.19 bits per heavy atom. The minimum Gasteiger partial charge on any atom is -0.325 e. The van der Waals surface area contributed by atoms with Gasteiger partial charge in [0.25, 0.3) is 5.91 Å². The maximum atomic E-state index is 13.0. The van der Waals surface area contributed by atoms with E-state index in [2.05, 4.69) is 15.6 Å². The SMILES string of the molecule is CC(=O)Nc1ccc(NC(=O)c2cccc(F)n2)cc1Cl. The Morgan fingerprint density at radius 3 is 2.57 bits per heavy atom. The van der Waals surface area contributed by atoms with Gasteiger partial charge in [-0.25, -0.2) is 4.98 Å². The summed E-state index contributed by atoms with van der Waals surface area (Å²) >= 11 is 5.99.